The van der Waals surface area contributed by atoms with Crippen LogP contribution in [0.4, 0.5) is 10.1 Å². The van der Waals surface area contributed by atoms with Gasteiger partial charge in [-0.25, -0.2) is 4.39 Å². The number of amides is 2. The highest BCUT2D eigenvalue weighted by Crippen LogP contribution is 2.17. The highest BCUT2D eigenvalue weighted by atomic mass is 19.1. The molecule has 0 aromatic heterocycles. The van der Waals surface area contributed by atoms with Gasteiger partial charge in [-0.3, -0.25) is 9.59 Å². The van der Waals surface area contributed by atoms with E-state index in [1.807, 2.05) is 6.92 Å². The Balaban J connectivity index is 2.12. The van der Waals surface area contributed by atoms with Gasteiger partial charge in [0.2, 0.25) is 0 Å². The van der Waals surface area contributed by atoms with Gasteiger partial charge in [-0.15, -0.1) is 0 Å². The number of halogens is 1. The van der Waals surface area contributed by atoms with Gasteiger partial charge in [0.05, 0.1) is 0 Å². The molecule has 1 fully saturated rings. The monoisotopic (exact) mass is 265 g/mol. The van der Waals surface area contributed by atoms with Gasteiger partial charge < -0.3 is 15.5 Å². The van der Waals surface area contributed by atoms with Crippen molar-refractivity contribution in [3.05, 3.63) is 29.6 Å². The third-order valence-electron chi connectivity index (χ3n) is 3.25. The lowest BCUT2D eigenvalue weighted by atomic mass is 10.1. The van der Waals surface area contributed by atoms with Crippen molar-refractivity contribution in [2.75, 3.05) is 25.4 Å². The summed E-state index contributed by atoms with van der Waals surface area (Å²) in [4.78, 5) is 26.6. The van der Waals surface area contributed by atoms with Crippen molar-refractivity contribution in [2.24, 2.45) is 0 Å². The van der Waals surface area contributed by atoms with Crippen molar-refractivity contribution in [2.45, 2.75) is 13.5 Å². The molecule has 5 nitrogen and oxygen atoms in total. The van der Waals surface area contributed by atoms with Crippen LogP contribution in [0, 0.1) is 5.82 Å². The molecule has 1 aliphatic heterocycles. The van der Waals surface area contributed by atoms with Gasteiger partial charge in [-0.2, -0.15) is 0 Å². The standard InChI is InChI=1S/C13H16FN3O2/c1-2-16-5-6-17(13(19)12(16)18)8-9-3-4-10(14)7-11(9)15/h3-4,7H,2,5-6,8,15H2,1H3. The SMILES string of the molecule is CCN1CCN(Cc2ccc(F)cc2N)C(=O)C1=O. The Bertz CT molecular complexity index is 519. The van der Waals surface area contributed by atoms with Crippen LogP contribution >= 0.6 is 0 Å². The first-order chi connectivity index (χ1) is 9.02. The van der Waals surface area contributed by atoms with Gasteiger partial charge in [-0.05, 0) is 24.6 Å². The van der Waals surface area contributed by atoms with E-state index in [0.29, 0.717) is 25.2 Å². The second-order valence-electron chi connectivity index (χ2n) is 4.45. The van der Waals surface area contributed by atoms with Gasteiger partial charge in [-0.1, -0.05) is 6.07 Å². The maximum atomic E-state index is 12.9. The van der Waals surface area contributed by atoms with Gasteiger partial charge in [0.1, 0.15) is 5.82 Å². The molecule has 0 atom stereocenters. The highest BCUT2D eigenvalue weighted by molar-refractivity contribution is 6.35. The van der Waals surface area contributed by atoms with Crippen molar-refractivity contribution in [3.8, 4) is 0 Å². The van der Waals surface area contributed by atoms with Crippen LogP contribution in [0.5, 0.6) is 0 Å². The summed E-state index contributed by atoms with van der Waals surface area (Å²) in [6.45, 7) is 3.57. The summed E-state index contributed by atoms with van der Waals surface area (Å²) in [6.07, 6.45) is 0. The molecular weight excluding hydrogens is 249 g/mol. The average molecular weight is 265 g/mol. The molecule has 19 heavy (non-hydrogen) atoms. The number of piperazine rings is 1. The predicted molar refractivity (Wildman–Crippen MR) is 68.5 cm³/mol. The molecule has 1 aromatic carbocycles. The van der Waals surface area contributed by atoms with E-state index in [1.165, 1.54) is 28.0 Å². The smallest absolute Gasteiger partial charge is 0.312 e. The molecule has 0 spiro atoms. The zero-order valence-corrected chi connectivity index (χ0v) is 10.7. The molecule has 1 aromatic rings. The fourth-order valence-electron chi connectivity index (χ4n) is 2.08. The molecule has 0 saturated carbocycles. The van der Waals surface area contributed by atoms with Crippen molar-refractivity contribution in [1.29, 1.82) is 0 Å². The van der Waals surface area contributed by atoms with Crippen LogP contribution in [0.15, 0.2) is 18.2 Å². The topological polar surface area (TPSA) is 66.6 Å². The Morgan fingerprint density at radius 3 is 2.47 bits per heavy atom. The number of hydrogen-bond acceptors (Lipinski definition) is 3. The Kier molecular flexibility index (Phi) is 3.69. The Morgan fingerprint density at radius 1 is 1.21 bits per heavy atom. The molecule has 0 bridgehead atoms. The van der Waals surface area contributed by atoms with E-state index in [4.69, 9.17) is 5.73 Å². The summed E-state index contributed by atoms with van der Waals surface area (Å²) in [6, 6.07) is 4.04. The average Bonchev–Trinajstić information content (AvgIpc) is 2.38. The Hall–Kier alpha value is -2.11. The zero-order chi connectivity index (χ0) is 14.0. The number of nitrogens with zero attached hydrogens (tertiary/aromatic N) is 2. The number of likely N-dealkylation sites (N-methyl/N-ethyl adjacent to an activating group) is 1. The van der Waals surface area contributed by atoms with Crippen LogP contribution in [0.3, 0.4) is 0 Å². The van der Waals surface area contributed by atoms with E-state index < -0.39 is 17.6 Å². The van der Waals surface area contributed by atoms with Crippen LogP contribution in [-0.2, 0) is 16.1 Å². The fraction of sp³-hybridized carbons (Fsp3) is 0.385. The summed E-state index contributed by atoms with van der Waals surface area (Å²) >= 11 is 0. The van der Waals surface area contributed by atoms with Gasteiger partial charge in [0.25, 0.3) is 0 Å². The molecule has 0 aliphatic carbocycles. The van der Waals surface area contributed by atoms with E-state index in [2.05, 4.69) is 0 Å². The van der Waals surface area contributed by atoms with Crippen molar-refractivity contribution >= 4 is 17.5 Å². The largest absolute Gasteiger partial charge is 0.398 e. The second kappa shape index (κ2) is 5.26. The first kappa shape index (κ1) is 13.3. The lowest BCUT2D eigenvalue weighted by Crippen LogP contribution is -2.53. The van der Waals surface area contributed by atoms with Crippen molar-refractivity contribution < 1.29 is 14.0 Å². The lowest BCUT2D eigenvalue weighted by molar-refractivity contribution is -0.156. The Morgan fingerprint density at radius 2 is 1.84 bits per heavy atom. The maximum Gasteiger partial charge on any atom is 0.312 e. The summed E-state index contributed by atoms with van der Waals surface area (Å²) in [5.41, 5.74) is 6.63. The number of carbonyl (C=O) groups is 2. The van der Waals surface area contributed by atoms with Crippen molar-refractivity contribution in [3.63, 3.8) is 0 Å². The number of nitrogens with two attached hydrogens (primary N) is 1. The van der Waals surface area contributed by atoms with Gasteiger partial charge >= 0.3 is 11.8 Å². The zero-order valence-electron chi connectivity index (χ0n) is 10.7. The molecule has 1 heterocycles. The number of benzene rings is 1. The quantitative estimate of drug-likeness (QED) is 0.643. The Labute approximate surface area is 110 Å². The molecule has 6 heteroatoms. The molecule has 0 unspecified atom stereocenters. The number of rotatable bonds is 3. The van der Waals surface area contributed by atoms with Crippen LogP contribution in [0.1, 0.15) is 12.5 Å². The molecule has 102 valence electrons. The van der Waals surface area contributed by atoms with E-state index in [1.54, 1.807) is 0 Å². The van der Waals surface area contributed by atoms with E-state index in [-0.39, 0.29) is 12.2 Å². The summed E-state index contributed by atoms with van der Waals surface area (Å²) < 4.78 is 12.9. The summed E-state index contributed by atoms with van der Waals surface area (Å²) in [5, 5.41) is 0. The summed E-state index contributed by atoms with van der Waals surface area (Å²) in [7, 11) is 0. The van der Waals surface area contributed by atoms with E-state index in [0.717, 1.165) is 0 Å². The number of carbonyl (C=O) groups excluding carboxylic acids is 2. The van der Waals surface area contributed by atoms with Gasteiger partial charge in [0, 0.05) is 31.9 Å². The van der Waals surface area contributed by atoms with Crippen LogP contribution in [0.2, 0.25) is 0 Å². The highest BCUT2D eigenvalue weighted by Gasteiger charge is 2.31. The minimum Gasteiger partial charge on any atom is -0.398 e. The number of anilines is 1. The molecule has 0 radical (unpaired) electrons. The molecular formula is C13H16FN3O2. The van der Waals surface area contributed by atoms with Crippen molar-refractivity contribution in [1.82, 2.24) is 9.80 Å². The van der Waals surface area contributed by atoms with Crippen LogP contribution in [-0.4, -0.2) is 41.2 Å². The number of hydrogen-bond donors (Lipinski definition) is 1. The van der Waals surface area contributed by atoms with Gasteiger partial charge in [0.15, 0.2) is 0 Å². The predicted octanol–water partition coefficient (Wildman–Crippen LogP) is 0.599. The molecule has 1 saturated heterocycles. The lowest BCUT2D eigenvalue weighted by Gasteiger charge is -2.33. The molecule has 1 aliphatic rings. The molecule has 2 N–H and O–H groups in total. The molecule has 2 rings (SSSR count). The first-order valence-electron chi connectivity index (χ1n) is 6.15. The fourth-order valence-corrected chi connectivity index (χ4v) is 2.08. The maximum absolute atomic E-state index is 12.9. The number of nitrogen functional groups attached to an aromatic ring is 1. The third kappa shape index (κ3) is 2.67. The van der Waals surface area contributed by atoms with Crippen LogP contribution < -0.4 is 5.73 Å². The van der Waals surface area contributed by atoms with Crippen LogP contribution in [0.25, 0.3) is 0 Å². The second-order valence-corrected chi connectivity index (χ2v) is 4.45. The normalized spacial score (nSPS) is 16.1. The third-order valence-corrected chi connectivity index (χ3v) is 3.25. The van der Waals surface area contributed by atoms with E-state index >= 15 is 0 Å². The first-order valence-corrected chi connectivity index (χ1v) is 6.15. The minimum atomic E-state index is -0.531. The minimum absolute atomic E-state index is 0.230. The van der Waals surface area contributed by atoms with E-state index in [9.17, 15) is 14.0 Å². The summed E-state index contributed by atoms with van der Waals surface area (Å²) in [5.74, 6) is -1.44. The molecule has 2 amide bonds.